The van der Waals surface area contributed by atoms with Gasteiger partial charge in [-0.2, -0.15) is 0 Å². The van der Waals surface area contributed by atoms with Gasteiger partial charge in [0.1, 0.15) is 5.75 Å². The van der Waals surface area contributed by atoms with Crippen molar-refractivity contribution in [3.8, 4) is 5.75 Å². The first-order chi connectivity index (χ1) is 8.45. The zero-order valence-corrected chi connectivity index (χ0v) is 11.6. The summed E-state index contributed by atoms with van der Waals surface area (Å²) in [4.78, 5) is 11.8. The maximum absolute atomic E-state index is 11.8. The van der Waals surface area contributed by atoms with Crippen molar-refractivity contribution in [2.45, 2.75) is 26.4 Å². The van der Waals surface area contributed by atoms with Crippen LogP contribution in [0.15, 0.2) is 18.2 Å². The Balaban J connectivity index is 2.66. The summed E-state index contributed by atoms with van der Waals surface area (Å²) in [7, 11) is 1.57. The standard InChI is InChI=1S/C13H19ClN2O2/c1-8(9(2)15)13(17)16-7-10-4-5-11(14)6-12(10)18-3/h4-6,8-9H,7,15H2,1-3H3,(H,16,17). The second-order valence-electron chi connectivity index (χ2n) is 4.32. The van der Waals surface area contributed by atoms with Crippen molar-refractivity contribution in [2.75, 3.05) is 7.11 Å². The highest BCUT2D eigenvalue weighted by Gasteiger charge is 2.17. The van der Waals surface area contributed by atoms with E-state index in [9.17, 15) is 4.79 Å². The van der Waals surface area contributed by atoms with Gasteiger partial charge in [0.25, 0.3) is 0 Å². The highest BCUT2D eigenvalue weighted by atomic mass is 35.5. The third-order valence-electron chi connectivity index (χ3n) is 2.90. The van der Waals surface area contributed by atoms with Gasteiger partial charge < -0.3 is 15.8 Å². The van der Waals surface area contributed by atoms with E-state index in [4.69, 9.17) is 22.1 Å². The minimum atomic E-state index is -0.219. The number of hydrogen-bond donors (Lipinski definition) is 2. The zero-order valence-electron chi connectivity index (χ0n) is 10.9. The summed E-state index contributed by atoms with van der Waals surface area (Å²) in [5.41, 5.74) is 6.56. The average molecular weight is 271 g/mol. The molecule has 0 aliphatic carbocycles. The summed E-state index contributed by atoms with van der Waals surface area (Å²) in [5, 5.41) is 3.43. The summed E-state index contributed by atoms with van der Waals surface area (Å²) < 4.78 is 5.21. The number of carbonyl (C=O) groups excluding carboxylic acids is 1. The quantitative estimate of drug-likeness (QED) is 0.860. The van der Waals surface area contributed by atoms with Crippen LogP contribution in [0.3, 0.4) is 0 Å². The van der Waals surface area contributed by atoms with E-state index in [0.29, 0.717) is 17.3 Å². The van der Waals surface area contributed by atoms with Gasteiger partial charge in [0.15, 0.2) is 0 Å². The molecule has 0 saturated carbocycles. The van der Waals surface area contributed by atoms with E-state index in [-0.39, 0.29) is 17.9 Å². The van der Waals surface area contributed by atoms with Crippen LogP contribution in [0.1, 0.15) is 19.4 Å². The van der Waals surface area contributed by atoms with Crippen LogP contribution >= 0.6 is 11.6 Å². The Labute approximate surface area is 112 Å². The largest absolute Gasteiger partial charge is 0.496 e. The maximum atomic E-state index is 11.8. The zero-order chi connectivity index (χ0) is 13.7. The first-order valence-electron chi connectivity index (χ1n) is 5.81. The minimum absolute atomic E-state index is 0.0676. The Morgan fingerprint density at radius 3 is 2.72 bits per heavy atom. The Morgan fingerprint density at radius 2 is 2.17 bits per heavy atom. The van der Waals surface area contributed by atoms with E-state index in [1.807, 2.05) is 13.0 Å². The van der Waals surface area contributed by atoms with E-state index < -0.39 is 0 Å². The lowest BCUT2D eigenvalue weighted by atomic mass is 10.0. The molecule has 1 aromatic rings. The Bertz CT molecular complexity index is 421. The van der Waals surface area contributed by atoms with Gasteiger partial charge in [-0.3, -0.25) is 4.79 Å². The number of halogens is 1. The fourth-order valence-corrected chi connectivity index (χ4v) is 1.61. The average Bonchev–Trinajstić information content (AvgIpc) is 2.35. The van der Waals surface area contributed by atoms with Crippen LogP contribution in [-0.2, 0) is 11.3 Å². The molecule has 1 amide bonds. The monoisotopic (exact) mass is 270 g/mol. The van der Waals surface area contributed by atoms with Crippen LogP contribution in [0.4, 0.5) is 0 Å². The SMILES string of the molecule is COc1cc(Cl)ccc1CNC(=O)C(C)C(C)N. The van der Waals surface area contributed by atoms with Gasteiger partial charge in [0, 0.05) is 29.1 Å². The van der Waals surface area contributed by atoms with Crippen LogP contribution in [0, 0.1) is 5.92 Å². The number of benzene rings is 1. The topological polar surface area (TPSA) is 64.3 Å². The summed E-state index contributed by atoms with van der Waals surface area (Å²) in [6, 6.07) is 5.15. The first-order valence-corrected chi connectivity index (χ1v) is 6.19. The maximum Gasteiger partial charge on any atom is 0.224 e. The van der Waals surface area contributed by atoms with E-state index in [1.54, 1.807) is 26.2 Å². The highest BCUT2D eigenvalue weighted by Crippen LogP contribution is 2.22. The molecule has 4 nitrogen and oxygen atoms in total. The Hall–Kier alpha value is -1.26. The summed E-state index contributed by atoms with van der Waals surface area (Å²) >= 11 is 5.87. The van der Waals surface area contributed by atoms with Crippen molar-refractivity contribution < 1.29 is 9.53 Å². The van der Waals surface area contributed by atoms with Crippen molar-refractivity contribution in [1.82, 2.24) is 5.32 Å². The number of carbonyl (C=O) groups is 1. The lowest BCUT2D eigenvalue weighted by Crippen LogP contribution is -2.38. The van der Waals surface area contributed by atoms with Crippen LogP contribution in [0.25, 0.3) is 0 Å². The molecule has 0 saturated heterocycles. The summed E-state index contributed by atoms with van der Waals surface area (Å²) in [6.07, 6.45) is 0. The van der Waals surface area contributed by atoms with Crippen LogP contribution in [0.2, 0.25) is 5.02 Å². The third kappa shape index (κ3) is 3.89. The van der Waals surface area contributed by atoms with Gasteiger partial charge in [0.05, 0.1) is 7.11 Å². The molecule has 18 heavy (non-hydrogen) atoms. The molecule has 0 spiro atoms. The molecule has 5 heteroatoms. The third-order valence-corrected chi connectivity index (χ3v) is 3.14. The number of rotatable bonds is 5. The van der Waals surface area contributed by atoms with Crippen LogP contribution in [-0.4, -0.2) is 19.1 Å². The minimum Gasteiger partial charge on any atom is -0.496 e. The second kappa shape index (κ2) is 6.61. The van der Waals surface area contributed by atoms with Gasteiger partial charge in [-0.1, -0.05) is 24.6 Å². The molecule has 1 aromatic carbocycles. The van der Waals surface area contributed by atoms with Gasteiger partial charge in [0.2, 0.25) is 5.91 Å². The molecule has 3 N–H and O–H groups in total. The molecule has 0 heterocycles. The molecule has 0 aliphatic rings. The number of amides is 1. The summed E-state index contributed by atoms with van der Waals surface area (Å²) in [5.74, 6) is 0.376. The van der Waals surface area contributed by atoms with Crippen molar-refractivity contribution in [3.05, 3.63) is 28.8 Å². The van der Waals surface area contributed by atoms with Crippen molar-refractivity contribution in [3.63, 3.8) is 0 Å². The molecule has 1 rings (SSSR count). The van der Waals surface area contributed by atoms with Gasteiger partial charge >= 0.3 is 0 Å². The smallest absolute Gasteiger partial charge is 0.224 e. The highest BCUT2D eigenvalue weighted by molar-refractivity contribution is 6.30. The number of methoxy groups -OCH3 is 1. The lowest BCUT2D eigenvalue weighted by Gasteiger charge is -2.16. The van der Waals surface area contributed by atoms with Crippen molar-refractivity contribution in [1.29, 1.82) is 0 Å². The van der Waals surface area contributed by atoms with E-state index in [2.05, 4.69) is 5.32 Å². The molecule has 0 fully saturated rings. The summed E-state index contributed by atoms with van der Waals surface area (Å²) in [6.45, 7) is 4.02. The molecule has 2 unspecified atom stereocenters. The normalized spacial score (nSPS) is 13.8. The molecule has 0 aromatic heterocycles. The molecule has 0 bridgehead atoms. The van der Waals surface area contributed by atoms with Crippen molar-refractivity contribution >= 4 is 17.5 Å². The number of ether oxygens (including phenoxy) is 1. The van der Waals surface area contributed by atoms with Crippen molar-refractivity contribution in [2.24, 2.45) is 11.7 Å². The van der Waals surface area contributed by atoms with Gasteiger partial charge in [-0.15, -0.1) is 0 Å². The molecule has 100 valence electrons. The van der Waals surface area contributed by atoms with E-state index >= 15 is 0 Å². The molecular weight excluding hydrogens is 252 g/mol. The van der Waals surface area contributed by atoms with E-state index in [0.717, 1.165) is 5.56 Å². The van der Waals surface area contributed by atoms with Crippen LogP contribution in [0.5, 0.6) is 5.75 Å². The second-order valence-corrected chi connectivity index (χ2v) is 4.76. The Kier molecular flexibility index (Phi) is 5.44. The fraction of sp³-hybridized carbons (Fsp3) is 0.462. The number of nitrogens with one attached hydrogen (secondary N) is 1. The molecule has 0 aliphatic heterocycles. The molecule has 2 atom stereocenters. The fourth-order valence-electron chi connectivity index (χ4n) is 1.45. The predicted octanol–water partition coefficient (Wildman–Crippen LogP) is 1.95. The molecular formula is C13H19ClN2O2. The first kappa shape index (κ1) is 14.8. The van der Waals surface area contributed by atoms with Gasteiger partial charge in [-0.05, 0) is 19.1 Å². The molecule has 0 radical (unpaired) electrons. The predicted molar refractivity (Wildman–Crippen MR) is 72.7 cm³/mol. The Morgan fingerprint density at radius 1 is 1.50 bits per heavy atom. The van der Waals surface area contributed by atoms with Crippen LogP contribution < -0.4 is 15.8 Å². The van der Waals surface area contributed by atoms with E-state index in [1.165, 1.54) is 0 Å². The number of hydrogen-bond acceptors (Lipinski definition) is 3. The number of nitrogens with two attached hydrogens (primary N) is 1. The lowest BCUT2D eigenvalue weighted by molar-refractivity contribution is -0.125. The van der Waals surface area contributed by atoms with Gasteiger partial charge in [-0.25, -0.2) is 0 Å².